The largest absolute Gasteiger partial charge is 0.333 e. The molecule has 1 aliphatic rings. The smallest absolute Gasteiger partial charge is 0.264 e. The van der Waals surface area contributed by atoms with Crippen molar-refractivity contribution in [3.05, 3.63) is 101 Å². The van der Waals surface area contributed by atoms with Crippen molar-refractivity contribution < 1.29 is 17.6 Å². The summed E-state index contributed by atoms with van der Waals surface area (Å²) < 4.78 is 42.7. The molecule has 0 aliphatic carbocycles. The molecule has 0 saturated carbocycles. The molecule has 202 valence electrons. The summed E-state index contributed by atoms with van der Waals surface area (Å²) in [6.07, 6.45) is 1.56. The van der Waals surface area contributed by atoms with E-state index in [9.17, 15) is 17.6 Å². The van der Waals surface area contributed by atoms with Gasteiger partial charge >= 0.3 is 0 Å². The van der Waals surface area contributed by atoms with Crippen molar-refractivity contribution in [3.63, 3.8) is 0 Å². The van der Waals surface area contributed by atoms with Gasteiger partial charge in [-0.05, 0) is 67.9 Å². The summed E-state index contributed by atoms with van der Waals surface area (Å²) in [5.41, 5.74) is 2.04. The third-order valence-corrected chi connectivity index (χ3v) is 8.88. The molecule has 2 heterocycles. The second kappa shape index (κ2) is 10.9. The number of benzene rings is 3. The third-order valence-electron chi connectivity index (χ3n) is 7.16. The lowest BCUT2D eigenvalue weighted by Crippen LogP contribution is -2.54. The van der Waals surface area contributed by atoms with E-state index in [1.165, 1.54) is 12.1 Å². The van der Waals surface area contributed by atoms with E-state index in [1.807, 2.05) is 24.8 Å². The highest BCUT2D eigenvalue weighted by atomic mass is 35.5. The van der Waals surface area contributed by atoms with Crippen molar-refractivity contribution in [2.75, 3.05) is 24.4 Å². The molecule has 39 heavy (non-hydrogen) atoms. The van der Waals surface area contributed by atoms with Crippen LogP contribution in [-0.2, 0) is 10.0 Å². The van der Waals surface area contributed by atoms with Gasteiger partial charge in [-0.15, -0.1) is 0 Å². The summed E-state index contributed by atoms with van der Waals surface area (Å²) >= 11 is 5.83. The Kier molecular flexibility index (Phi) is 7.57. The van der Waals surface area contributed by atoms with Gasteiger partial charge < -0.3 is 4.90 Å². The van der Waals surface area contributed by atoms with Crippen LogP contribution in [0.1, 0.15) is 35.8 Å². The van der Waals surface area contributed by atoms with Crippen LogP contribution in [0.5, 0.6) is 0 Å². The minimum Gasteiger partial charge on any atom is -0.333 e. The number of para-hydroxylation sites is 1. The van der Waals surface area contributed by atoms with Gasteiger partial charge in [-0.2, -0.15) is 0 Å². The molecular weight excluding hydrogens is 539 g/mol. The fourth-order valence-corrected chi connectivity index (χ4v) is 6.33. The first kappa shape index (κ1) is 27.1. The molecule has 7 nitrogen and oxygen atoms in total. The number of piperazine rings is 1. The molecular formula is C29H28ClFN4O3S. The molecule has 5 rings (SSSR count). The van der Waals surface area contributed by atoms with E-state index in [2.05, 4.69) is 14.6 Å². The number of rotatable bonds is 6. The predicted molar refractivity (Wildman–Crippen MR) is 151 cm³/mol. The van der Waals surface area contributed by atoms with Gasteiger partial charge in [0.2, 0.25) is 0 Å². The summed E-state index contributed by atoms with van der Waals surface area (Å²) in [5, 5.41) is 0.824. The van der Waals surface area contributed by atoms with Crippen molar-refractivity contribution in [2.24, 2.45) is 0 Å². The highest BCUT2D eigenvalue weighted by Crippen LogP contribution is 2.28. The fraction of sp³-hybridized carbons (Fsp3) is 0.241. The minimum atomic E-state index is -3.89. The van der Waals surface area contributed by atoms with Crippen molar-refractivity contribution in [1.29, 1.82) is 0 Å². The van der Waals surface area contributed by atoms with Gasteiger partial charge in [0.05, 0.1) is 10.5 Å². The normalized spacial score (nSPS) is 17.2. The number of sulfonamides is 1. The molecule has 2 atom stereocenters. The van der Waals surface area contributed by atoms with Gasteiger partial charge in [-0.3, -0.25) is 19.4 Å². The first-order chi connectivity index (χ1) is 18.6. The molecule has 1 saturated heterocycles. The van der Waals surface area contributed by atoms with Gasteiger partial charge in [-0.1, -0.05) is 35.9 Å². The summed E-state index contributed by atoms with van der Waals surface area (Å²) in [6, 6.07) is 19.7. The van der Waals surface area contributed by atoms with E-state index in [0.29, 0.717) is 36.4 Å². The van der Waals surface area contributed by atoms with Crippen LogP contribution in [0.3, 0.4) is 0 Å². The van der Waals surface area contributed by atoms with Crippen LogP contribution in [0.4, 0.5) is 10.1 Å². The maximum Gasteiger partial charge on any atom is 0.264 e. The second-order valence-corrected chi connectivity index (χ2v) is 11.8. The number of carbonyl (C=O) groups is 1. The lowest BCUT2D eigenvalue weighted by atomic mass is 10.0. The topological polar surface area (TPSA) is 82.6 Å². The van der Waals surface area contributed by atoms with Gasteiger partial charge in [0.1, 0.15) is 10.7 Å². The first-order valence-corrected chi connectivity index (χ1v) is 14.5. The van der Waals surface area contributed by atoms with Crippen LogP contribution in [0.2, 0.25) is 5.02 Å². The standard InChI is InChI=1S/C29H28ClFN4O3S/c1-19-18-34(20(2)23-10-13-25(30)26(31)17-23)15-16-35(19)29(36)22-8-11-24(12-9-22)33-39(37,38)27-7-3-5-21-6-4-14-32-28(21)27/h3-14,17,19-20,33H,15-16,18H2,1-2H3/t19-,20?/m0/s1. The Balaban J connectivity index is 1.25. The number of hydrogen-bond acceptors (Lipinski definition) is 5. The Bertz CT molecular complexity index is 1630. The fourth-order valence-electron chi connectivity index (χ4n) is 4.97. The number of nitrogens with one attached hydrogen (secondary N) is 1. The summed E-state index contributed by atoms with van der Waals surface area (Å²) in [5.74, 6) is -0.567. The lowest BCUT2D eigenvalue weighted by Gasteiger charge is -2.42. The molecule has 10 heteroatoms. The average Bonchev–Trinajstić information content (AvgIpc) is 2.93. The molecule has 1 amide bonds. The maximum absolute atomic E-state index is 14.0. The molecule has 0 spiro atoms. The molecule has 1 aromatic heterocycles. The molecule has 1 fully saturated rings. The van der Waals surface area contributed by atoms with E-state index < -0.39 is 15.8 Å². The number of fused-ring (bicyclic) bond motifs is 1. The first-order valence-electron chi connectivity index (χ1n) is 12.6. The van der Waals surface area contributed by atoms with Gasteiger partial charge in [0.15, 0.2) is 0 Å². The quantitative estimate of drug-likeness (QED) is 0.322. The molecule has 0 radical (unpaired) electrons. The van der Waals surface area contributed by atoms with Gasteiger partial charge in [0, 0.05) is 54.6 Å². The number of pyridine rings is 1. The van der Waals surface area contributed by atoms with E-state index in [0.717, 1.165) is 10.9 Å². The van der Waals surface area contributed by atoms with Crippen LogP contribution >= 0.6 is 11.6 Å². The van der Waals surface area contributed by atoms with Gasteiger partial charge in [0.25, 0.3) is 15.9 Å². The van der Waals surface area contributed by atoms with Crippen LogP contribution in [0.15, 0.2) is 83.9 Å². The number of anilines is 1. The minimum absolute atomic E-state index is 0.0271. The van der Waals surface area contributed by atoms with Gasteiger partial charge in [-0.25, -0.2) is 12.8 Å². The number of hydrogen-bond donors (Lipinski definition) is 1. The Morgan fingerprint density at radius 2 is 1.82 bits per heavy atom. The Morgan fingerprint density at radius 3 is 2.54 bits per heavy atom. The van der Waals surface area contributed by atoms with Crippen LogP contribution in [-0.4, -0.2) is 54.8 Å². The third kappa shape index (κ3) is 5.61. The van der Waals surface area contributed by atoms with Crippen molar-refractivity contribution in [1.82, 2.24) is 14.8 Å². The van der Waals surface area contributed by atoms with Crippen molar-refractivity contribution >= 4 is 44.1 Å². The average molecular weight is 567 g/mol. The van der Waals surface area contributed by atoms with E-state index in [-0.39, 0.29) is 27.9 Å². The SMILES string of the molecule is CC(c1ccc(Cl)c(F)c1)N1CCN(C(=O)c2ccc(NS(=O)(=O)c3cccc4cccnc34)cc2)[C@@H](C)C1. The zero-order chi connectivity index (χ0) is 27.7. The summed E-state index contributed by atoms with van der Waals surface area (Å²) in [4.78, 5) is 21.6. The van der Waals surface area contributed by atoms with E-state index >= 15 is 0 Å². The van der Waals surface area contributed by atoms with E-state index in [1.54, 1.807) is 60.8 Å². The highest BCUT2D eigenvalue weighted by molar-refractivity contribution is 7.93. The predicted octanol–water partition coefficient (Wildman–Crippen LogP) is 5.74. The number of amides is 1. The second-order valence-electron chi connectivity index (χ2n) is 9.71. The molecule has 1 unspecified atom stereocenters. The maximum atomic E-state index is 14.0. The Morgan fingerprint density at radius 1 is 1.08 bits per heavy atom. The highest BCUT2D eigenvalue weighted by Gasteiger charge is 2.31. The zero-order valence-corrected chi connectivity index (χ0v) is 23.1. The molecule has 3 aromatic carbocycles. The number of nitrogens with zero attached hydrogens (tertiary/aromatic N) is 3. The van der Waals surface area contributed by atoms with E-state index in [4.69, 9.17) is 11.6 Å². The van der Waals surface area contributed by atoms with Crippen molar-refractivity contribution in [2.45, 2.75) is 30.8 Å². The Hall–Kier alpha value is -3.53. The van der Waals surface area contributed by atoms with Crippen molar-refractivity contribution in [3.8, 4) is 0 Å². The molecule has 4 aromatic rings. The summed E-state index contributed by atoms with van der Waals surface area (Å²) in [6.45, 7) is 5.79. The summed E-state index contributed by atoms with van der Waals surface area (Å²) in [7, 11) is -3.89. The number of halogens is 2. The number of carbonyl (C=O) groups excluding carboxylic acids is 1. The lowest BCUT2D eigenvalue weighted by molar-refractivity contribution is 0.0406. The zero-order valence-electron chi connectivity index (χ0n) is 21.5. The Labute approximate surface area is 232 Å². The number of aromatic nitrogens is 1. The molecule has 0 bridgehead atoms. The monoisotopic (exact) mass is 566 g/mol. The molecule has 1 aliphatic heterocycles. The van der Waals surface area contributed by atoms with Crippen LogP contribution in [0, 0.1) is 5.82 Å². The van der Waals surface area contributed by atoms with Crippen LogP contribution in [0.25, 0.3) is 10.9 Å². The van der Waals surface area contributed by atoms with Crippen LogP contribution < -0.4 is 4.72 Å². The molecule has 1 N–H and O–H groups in total.